The third-order valence-corrected chi connectivity index (χ3v) is 4.99. The van der Waals surface area contributed by atoms with E-state index in [0.29, 0.717) is 27.1 Å². The molecule has 29 heavy (non-hydrogen) atoms. The molecule has 0 spiro atoms. The first-order valence-corrected chi connectivity index (χ1v) is 9.39. The summed E-state index contributed by atoms with van der Waals surface area (Å²) < 4.78 is 21.0. The average molecular weight is 416 g/mol. The summed E-state index contributed by atoms with van der Waals surface area (Å²) in [4.78, 5) is 24.9. The van der Waals surface area contributed by atoms with Crippen LogP contribution in [0.1, 0.15) is 25.8 Å². The van der Waals surface area contributed by atoms with E-state index in [0.717, 1.165) is 5.56 Å². The van der Waals surface area contributed by atoms with Crippen molar-refractivity contribution in [1.29, 1.82) is 0 Å². The van der Waals surface area contributed by atoms with Gasteiger partial charge in [-0.25, -0.2) is 0 Å². The van der Waals surface area contributed by atoms with Gasteiger partial charge in [0.25, 0.3) is 11.8 Å². The van der Waals surface area contributed by atoms with Gasteiger partial charge in [0.15, 0.2) is 17.3 Å². The fraction of sp³-hybridized carbons (Fsp3) is 0.200. The van der Waals surface area contributed by atoms with Crippen molar-refractivity contribution in [2.75, 3.05) is 26.6 Å². The van der Waals surface area contributed by atoms with Gasteiger partial charge in [0.05, 0.1) is 37.5 Å². The van der Waals surface area contributed by atoms with E-state index >= 15 is 0 Å². The lowest BCUT2D eigenvalue weighted by molar-refractivity contribution is 0.0953. The summed E-state index contributed by atoms with van der Waals surface area (Å²) in [6.45, 7) is 0.265. The van der Waals surface area contributed by atoms with Gasteiger partial charge in [-0.1, -0.05) is 0 Å². The summed E-state index contributed by atoms with van der Waals surface area (Å²) in [6.07, 6.45) is 1.42. The van der Waals surface area contributed by atoms with E-state index in [9.17, 15) is 9.59 Å². The second-order valence-corrected chi connectivity index (χ2v) is 6.90. The monoisotopic (exact) mass is 416 g/mol. The fourth-order valence-corrected chi connectivity index (χ4v) is 3.43. The maximum atomic E-state index is 12.5. The van der Waals surface area contributed by atoms with Gasteiger partial charge in [-0.15, -0.1) is 11.3 Å². The Morgan fingerprint density at radius 3 is 2.31 bits per heavy atom. The van der Waals surface area contributed by atoms with Crippen LogP contribution in [0.25, 0.3) is 0 Å². The van der Waals surface area contributed by atoms with Crippen molar-refractivity contribution >= 4 is 28.2 Å². The molecule has 3 aromatic rings. The van der Waals surface area contributed by atoms with Crippen molar-refractivity contribution in [2.24, 2.45) is 0 Å². The van der Waals surface area contributed by atoms with E-state index < -0.39 is 0 Å². The molecule has 0 atom stereocenters. The second-order valence-electron chi connectivity index (χ2n) is 5.81. The number of rotatable bonds is 8. The first-order chi connectivity index (χ1) is 14.0. The number of furan rings is 1. The maximum Gasteiger partial charge on any atom is 0.291 e. The first-order valence-electron chi connectivity index (χ1n) is 8.57. The zero-order valence-electron chi connectivity index (χ0n) is 16.1. The number of carbonyl (C=O) groups excluding carboxylic acids is 2. The fourth-order valence-electron chi connectivity index (χ4n) is 2.62. The largest absolute Gasteiger partial charge is 0.493 e. The Labute approximate surface area is 171 Å². The van der Waals surface area contributed by atoms with Crippen LogP contribution in [0.2, 0.25) is 0 Å². The third kappa shape index (κ3) is 4.69. The molecule has 0 aliphatic rings. The minimum absolute atomic E-state index is 0.201. The second kappa shape index (κ2) is 9.16. The number of nitrogens with one attached hydrogen (secondary N) is 2. The Bertz CT molecular complexity index is 971. The SMILES string of the molecule is COc1cc(CNC(=O)c2ccc(NC(=O)c3ccco3)s2)cc(OC)c1OC. The predicted molar refractivity (Wildman–Crippen MR) is 108 cm³/mol. The van der Waals surface area contributed by atoms with Gasteiger partial charge in [0.2, 0.25) is 5.75 Å². The summed E-state index contributed by atoms with van der Waals surface area (Å²) >= 11 is 1.17. The quantitative estimate of drug-likeness (QED) is 0.583. The highest BCUT2D eigenvalue weighted by molar-refractivity contribution is 7.18. The minimum Gasteiger partial charge on any atom is -0.493 e. The molecule has 0 aliphatic carbocycles. The number of carbonyl (C=O) groups is 2. The molecule has 0 bridgehead atoms. The van der Waals surface area contributed by atoms with E-state index in [4.69, 9.17) is 18.6 Å². The summed E-state index contributed by atoms with van der Waals surface area (Å²) in [5.41, 5.74) is 0.788. The zero-order valence-corrected chi connectivity index (χ0v) is 16.9. The van der Waals surface area contributed by atoms with Crippen molar-refractivity contribution in [2.45, 2.75) is 6.54 Å². The van der Waals surface area contributed by atoms with E-state index in [-0.39, 0.29) is 24.1 Å². The van der Waals surface area contributed by atoms with Gasteiger partial charge in [0.1, 0.15) is 0 Å². The van der Waals surface area contributed by atoms with Gasteiger partial charge < -0.3 is 29.3 Å². The summed E-state index contributed by atoms with van der Waals surface area (Å²) in [5, 5.41) is 6.08. The molecule has 0 saturated heterocycles. The topological polar surface area (TPSA) is 99.0 Å². The number of methoxy groups -OCH3 is 3. The number of anilines is 1. The van der Waals surface area contributed by atoms with Crippen LogP contribution in [-0.4, -0.2) is 33.1 Å². The highest BCUT2D eigenvalue weighted by atomic mass is 32.1. The van der Waals surface area contributed by atoms with Crippen molar-refractivity contribution in [1.82, 2.24) is 5.32 Å². The van der Waals surface area contributed by atoms with Crippen LogP contribution in [0.5, 0.6) is 17.2 Å². The molecule has 0 aliphatic heterocycles. The summed E-state index contributed by atoms with van der Waals surface area (Å²) in [7, 11) is 4.59. The van der Waals surface area contributed by atoms with Crippen LogP contribution in [0.4, 0.5) is 5.00 Å². The molecule has 0 fully saturated rings. The van der Waals surface area contributed by atoms with Gasteiger partial charge in [-0.3, -0.25) is 9.59 Å². The van der Waals surface area contributed by atoms with Crippen molar-refractivity contribution < 1.29 is 28.2 Å². The molecule has 1 aromatic carbocycles. The van der Waals surface area contributed by atoms with E-state index in [2.05, 4.69) is 10.6 Å². The Morgan fingerprint density at radius 1 is 1.00 bits per heavy atom. The van der Waals surface area contributed by atoms with Gasteiger partial charge in [-0.2, -0.15) is 0 Å². The van der Waals surface area contributed by atoms with Crippen LogP contribution in [-0.2, 0) is 6.54 Å². The molecule has 2 amide bonds. The molecule has 8 nitrogen and oxygen atoms in total. The smallest absolute Gasteiger partial charge is 0.291 e. The highest BCUT2D eigenvalue weighted by Gasteiger charge is 2.16. The predicted octanol–water partition coefficient (Wildman–Crippen LogP) is 3.55. The van der Waals surface area contributed by atoms with Gasteiger partial charge in [0, 0.05) is 6.54 Å². The van der Waals surface area contributed by atoms with Crippen molar-refractivity contribution in [3.05, 3.63) is 58.9 Å². The van der Waals surface area contributed by atoms with Crippen LogP contribution in [0.3, 0.4) is 0 Å². The zero-order chi connectivity index (χ0) is 20.8. The van der Waals surface area contributed by atoms with Crippen LogP contribution in [0.15, 0.2) is 47.1 Å². The number of amides is 2. The average Bonchev–Trinajstić information content (AvgIpc) is 3.43. The maximum absolute atomic E-state index is 12.5. The number of benzene rings is 1. The van der Waals surface area contributed by atoms with Gasteiger partial charge >= 0.3 is 0 Å². The molecule has 2 heterocycles. The van der Waals surface area contributed by atoms with Crippen molar-refractivity contribution in [3.8, 4) is 17.2 Å². The molecule has 0 radical (unpaired) electrons. The van der Waals surface area contributed by atoms with Crippen LogP contribution >= 0.6 is 11.3 Å². The summed E-state index contributed by atoms with van der Waals surface area (Å²) in [5.74, 6) is 1.07. The third-order valence-electron chi connectivity index (χ3n) is 3.99. The molecule has 2 N–H and O–H groups in total. The Hall–Kier alpha value is -3.46. The van der Waals surface area contributed by atoms with Gasteiger partial charge in [-0.05, 0) is 42.0 Å². The molecule has 9 heteroatoms. The lowest BCUT2D eigenvalue weighted by atomic mass is 10.1. The molecule has 2 aromatic heterocycles. The van der Waals surface area contributed by atoms with Crippen LogP contribution < -0.4 is 24.8 Å². The lowest BCUT2D eigenvalue weighted by Crippen LogP contribution is -2.21. The van der Waals surface area contributed by atoms with E-state index in [1.54, 1.807) is 36.4 Å². The van der Waals surface area contributed by atoms with E-state index in [1.165, 1.54) is 38.9 Å². The Morgan fingerprint density at radius 2 is 1.72 bits per heavy atom. The Kier molecular flexibility index (Phi) is 6.40. The molecule has 0 unspecified atom stereocenters. The van der Waals surface area contributed by atoms with Crippen LogP contribution in [0, 0.1) is 0 Å². The number of ether oxygens (including phenoxy) is 3. The Balaban J connectivity index is 1.64. The van der Waals surface area contributed by atoms with E-state index in [1.807, 2.05) is 0 Å². The number of hydrogen-bond donors (Lipinski definition) is 2. The lowest BCUT2D eigenvalue weighted by Gasteiger charge is -2.14. The molecule has 0 saturated carbocycles. The summed E-state index contributed by atoms with van der Waals surface area (Å²) in [6, 6.07) is 10.0. The molecule has 3 rings (SSSR count). The van der Waals surface area contributed by atoms with Crippen molar-refractivity contribution in [3.63, 3.8) is 0 Å². The minimum atomic E-state index is -0.374. The number of thiophene rings is 1. The molecular formula is C20H20N2O6S. The molecular weight excluding hydrogens is 396 g/mol. The normalized spacial score (nSPS) is 10.3. The molecule has 152 valence electrons. The standard InChI is InChI=1S/C20H20N2O6S/c1-25-14-9-12(10-15(26-2)18(14)27-3)11-21-20(24)16-6-7-17(29-16)22-19(23)13-5-4-8-28-13/h4-10H,11H2,1-3H3,(H,21,24)(H,22,23). The number of hydrogen-bond acceptors (Lipinski definition) is 7. The highest BCUT2D eigenvalue weighted by Crippen LogP contribution is 2.38. The first kappa shape index (κ1) is 20.3.